The predicted octanol–water partition coefficient (Wildman–Crippen LogP) is 6.17. The third kappa shape index (κ3) is 4.95. The summed E-state index contributed by atoms with van der Waals surface area (Å²) in [5, 5.41) is 8.41. The minimum absolute atomic E-state index is 0.00864. The van der Waals surface area contributed by atoms with Gasteiger partial charge >= 0.3 is 0 Å². The van der Waals surface area contributed by atoms with Crippen LogP contribution in [0.1, 0.15) is 50.8 Å². The summed E-state index contributed by atoms with van der Waals surface area (Å²) in [6.07, 6.45) is 1.27. The summed E-state index contributed by atoms with van der Waals surface area (Å²) in [4.78, 5) is 4.60. The van der Waals surface area contributed by atoms with E-state index in [0.717, 1.165) is 23.2 Å². The maximum atomic E-state index is 14.1. The topological polar surface area (TPSA) is 47.4 Å². The molecule has 0 bridgehead atoms. The van der Waals surface area contributed by atoms with Crippen LogP contribution in [-0.2, 0) is 0 Å². The van der Waals surface area contributed by atoms with Crippen molar-refractivity contribution in [3.63, 3.8) is 0 Å². The number of nitrogens with zero attached hydrogens (tertiary/aromatic N) is 3. The van der Waals surface area contributed by atoms with Crippen LogP contribution >= 0.6 is 0 Å². The minimum Gasteiger partial charge on any atom is -0.476 e. The van der Waals surface area contributed by atoms with E-state index in [4.69, 9.17) is 4.74 Å². The van der Waals surface area contributed by atoms with Crippen LogP contribution < -0.4 is 4.74 Å². The lowest BCUT2D eigenvalue weighted by Crippen LogP contribution is -2.17. The number of ether oxygens (including phenoxy) is 1. The van der Waals surface area contributed by atoms with Gasteiger partial charge in [0, 0.05) is 17.3 Å². The van der Waals surface area contributed by atoms with Gasteiger partial charge in [-0.25, -0.2) is 8.78 Å². The fourth-order valence-corrected chi connectivity index (χ4v) is 3.51. The van der Waals surface area contributed by atoms with Gasteiger partial charge in [0.15, 0.2) is 0 Å². The molecule has 0 saturated carbocycles. The number of aliphatic imine (C=N–C) groups is 1. The molecule has 0 radical (unpaired) electrons. The Bertz CT molecular complexity index is 1070. The summed E-state index contributed by atoms with van der Waals surface area (Å²) < 4.78 is 33.8. The molecule has 31 heavy (non-hydrogen) atoms. The van der Waals surface area contributed by atoms with Crippen LogP contribution in [-0.4, -0.2) is 22.5 Å². The van der Waals surface area contributed by atoms with Crippen molar-refractivity contribution in [2.24, 2.45) is 10.4 Å². The van der Waals surface area contributed by atoms with Crippen molar-refractivity contribution < 1.29 is 13.5 Å². The average molecular weight is 421 g/mol. The van der Waals surface area contributed by atoms with E-state index in [0.29, 0.717) is 24.6 Å². The molecule has 0 saturated heterocycles. The molecule has 1 aliphatic heterocycles. The number of halogens is 2. The van der Waals surface area contributed by atoms with Crippen LogP contribution in [0.3, 0.4) is 0 Å². The van der Waals surface area contributed by atoms with Crippen molar-refractivity contribution in [3.05, 3.63) is 77.4 Å². The van der Waals surface area contributed by atoms with Crippen molar-refractivity contribution in [3.8, 4) is 17.1 Å². The molecular formula is C25H25F2N3O. The highest BCUT2D eigenvalue weighted by Crippen LogP contribution is 2.33. The average Bonchev–Trinajstić information content (AvgIpc) is 3.22. The molecule has 4 rings (SSSR count). The molecule has 1 atom stereocenters. The number of aromatic nitrogens is 2. The van der Waals surface area contributed by atoms with E-state index >= 15 is 0 Å². The Balaban J connectivity index is 1.47. The van der Waals surface area contributed by atoms with Crippen LogP contribution in [0.2, 0.25) is 0 Å². The van der Waals surface area contributed by atoms with Gasteiger partial charge in [-0.15, -0.1) is 10.2 Å². The summed E-state index contributed by atoms with van der Waals surface area (Å²) >= 11 is 0. The summed E-state index contributed by atoms with van der Waals surface area (Å²) in [7, 11) is 0. The first-order valence-corrected chi connectivity index (χ1v) is 10.4. The second-order valence-electron chi connectivity index (χ2n) is 8.96. The highest BCUT2D eigenvalue weighted by atomic mass is 19.1. The Hall–Kier alpha value is -3.15. The zero-order valence-electron chi connectivity index (χ0n) is 17.9. The van der Waals surface area contributed by atoms with E-state index in [2.05, 4.69) is 36.0 Å². The second-order valence-corrected chi connectivity index (χ2v) is 8.96. The monoisotopic (exact) mass is 421 g/mol. The number of benzene rings is 2. The zero-order chi connectivity index (χ0) is 22.0. The second kappa shape index (κ2) is 8.53. The molecule has 1 aliphatic rings. The minimum atomic E-state index is -0.566. The first-order chi connectivity index (χ1) is 14.8. The lowest BCUT2D eigenvalue weighted by atomic mass is 9.99. The Morgan fingerprint density at radius 2 is 1.65 bits per heavy atom. The molecule has 0 aliphatic carbocycles. The third-order valence-electron chi connectivity index (χ3n) is 5.10. The van der Waals surface area contributed by atoms with Crippen LogP contribution in [0.4, 0.5) is 8.78 Å². The molecule has 2 heterocycles. The van der Waals surface area contributed by atoms with Crippen molar-refractivity contribution in [2.45, 2.75) is 39.7 Å². The van der Waals surface area contributed by atoms with Crippen LogP contribution in [0.15, 0.2) is 59.6 Å². The van der Waals surface area contributed by atoms with E-state index in [9.17, 15) is 8.78 Å². The van der Waals surface area contributed by atoms with E-state index < -0.39 is 11.6 Å². The zero-order valence-corrected chi connectivity index (χ0v) is 17.9. The van der Waals surface area contributed by atoms with Gasteiger partial charge in [0.2, 0.25) is 5.88 Å². The van der Waals surface area contributed by atoms with Crippen molar-refractivity contribution in [1.29, 1.82) is 0 Å². The Kier molecular flexibility index (Phi) is 5.81. The molecule has 6 heteroatoms. The molecule has 0 amide bonds. The van der Waals surface area contributed by atoms with Gasteiger partial charge in [-0.05, 0) is 42.0 Å². The number of rotatable bonds is 5. The van der Waals surface area contributed by atoms with Gasteiger partial charge in [-0.3, -0.25) is 4.99 Å². The summed E-state index contributed by atoms with van der Waals surface area (Å²) in [5.74, 6) is -0.630. The Morgan fingerprint density at radius 3 is 2.26 bits per heavy atom. The smallest absolute Gasteiger partial charge is 0.233 e. The Morgan fingerprint density at radius 1 is 0.935 bits per heavy atom. The fourth-order valence-electron chi connectivity index (χ4n) is 3.51. The van der Waals surface area contributed by atoms with Gasteiger partial charge in [-0.2, -0.15) is 0 Å². The number of hydrogen-bond acceptors (Lipinski definition) is 4. The summed E-state index contributed by atoms with van der Waals surface area (Å²) in [5.41, 5.74) is 3.22. The van der Waals surface area contributed by atoms with E-state index in [1.807, 2.05) is 36.4 Å². The Labute approximate surface area is 181 Å². The first kappa shape index (κ1) is 21.1. The lowest BCUT2D eigenvalue weighted by Gasteiger charge is -2.17. The number of hydrogen-bond donors (Lipinski definition) is 0. The van der Waals surface area contributed by atoms with Crippen molar-refractivity contribution >= 4 is 5.71 Å². The quantitative estimate of drug-likeness (QED) is 0.495. The van der Waals surface area contributed by atoms with Gasteiger partial charge in [0.1, 0.15) is 11.6 Å². The fraction of sp³-hybridized carbons (Fsp3) is 0.320. The predicted molar refractivity (Wildman–Crippen MR) is 117 cm³/mol. The molecule has 0 spiro atoms. The maximum absolute atomic E-state index is 14.1. The van der Waals surface area contributed by atoms with Crippen LogP contribution in [0, 0.1) is 17.0 Å². The first-order valence-electron chi connectivity index (χ1n) is 10.4. The van der Waals surface area contributed by atoms with Crippen molar-refractivity contribution in [2.75, 3.05) is 6.61 Å². The normalized spacial score (nSPS) is 16.3. The summed E-state index contributed by atoms with van der Waals surface area (Å²) in [6.45, 7) is 6.86. The molecule has 2 aromatic carbocycles. The molecule has 160 valence electrons. The summed E-state index contributed by atoms with van der Waals surface area (Å²) in [6, 6.07) is 15.4. The van der Waals surface area contributed by atoms with E-state index in [1.165, 1.54) is 18.2 Å². The molecule has 1 unspecified atom stereocenters. The maximum Gasteiger partial charge on any atom is 0.233 e. The van der Waals surface area contributed by atoms with Crippen molar-refractivity contribution in [1.82, 2.24) is 10.2 Å². The highest BCUT2D eigenvalue weighted by Gasteiger charge is 2.24. The van der Waals surface area contributed by atoms with E-state index in [-0.39, 0.29) is 17.0 Å². The van der Waals surface area contributed by atoms with Crippen LogP contribution in [0.5, 0.6) is 5.88 Å². The third-order valence-corrected chi connectivity index (χ3v) is 5.10. The molecule has 4 nitrogen and oxygen atoms in total. The highest BCUT2D eigenvalue weighted by molar-refractivity contribution is 6.02. The van der Waals surface area contributed by atoms with Gasteiger partial charge in [-0.1, -0.05) is 51.1 Å². The SMILES string of the molecule is CC(C)(C)COc1ccc(-c2ccc(C3CCC(c4c(F)cccc4F)=N3)cc2)nn1. The molecule has 3 aromatic rings. The van der Waals surface area contributed by atoms with Crippen LogP contribution in [0.25, 0.3) is 11.3 Å². The van der Waals surface area contributed by atoms with Gasteiger partial charge in [0.05, 0.1) is 23.9 Å². The van der Waals surface area contributed by atoms with E-state index in [1.54, 1.807) is 0 Å². The standard InChI is InChI=1S/C25H25F2N3O/c1-25(2,3)15-31-23-14-13-21(29-30-23)17-9-7-16(8-10-17)20-11-12-22(28-20)24-18(26)5-4-6-19(24)27/h4-10,13-14,20H,11-12,15H2,1-3H3. The van der Waals surface area contributed by atoms with Gasteiger partial charge in [0.25, 0.3) is 0 Å². The molecular weight excluding hydrogens is 396 g/mol. The lowest BCUT2D eigenvalue weighted by molar-refractivity contribution is 0.190. The largest absolute Gasteiger partial charge is 0.476 e. The molecule has 0 N–H and O–H groups in total. The molecule has 0 fully saturated rings. The molecule has 1 aromatic heterocycles. The van der Waals surface area contributed by atoms with Gasteiger partial charge < -0.3 is 4.74 Å².